The molecule has 0 aliphatic carbocycles. The molecule has 0 saturated carbocycles. The second kappa shape index (κ2) is 6.94. The van der Waals surface area contributed by atoms with Gasteiger partial charge in [-0.25, -0.2) is 24.5 Å². The molecule has 29 heavy (non-hydrogen) atoms. The van der Waals surface area contributed by atoms with Crippen LogP contribution >= 0.6 is 22.9 Å². The van der Waals surface area contributed by atoms with Crippen LogP contribution in [0.3, 0.4) is 0 Å². The first-order valence-electron chi connectivity index (χ1n) is 8.79. The lowest BCUT2D eigenvalue weighted by atomic mass is 10.2. The van der Waals surface area contributed by atoms with Crippen molar-refractivity contribution < 1.29 is 0 Å². The molecule has 8 nitrogen and oxygen atoms in total. The maximum atomic E-state index is 13.4. The number of aromatic amines is 1. The van der Waals surface area contributed by atoms with Crippen molar-refractivity contribution in [2.24, 2.45) is 0 Å². The van der Waals surface area contributed by atoms with E-state index in [1.165, 1.54) is 22.2 Å². The number of thiazole rings is 1. The third-order valence-electron chi connectivity index (χ3n) is 4.57. The molecule has 0 spiro atoms. The molecule has 0 amide bonds. The highest BCUT2D eigenvalue weighted by molar-refractivity contribution is 7.16. The van der Waals surface area contributed by atoms with E-state index >= 15 is 0 Å². The number of nitrogens with one attached hydrogen (secondary N) is 2. The quantitative estimate of drug-likeness (QED) is 0.454. The molecule has 2 N–H and O–H groups in total. The van der Waals surface area contributed by atoms with E-state index in [0.717, 1.165) is 4.83 Å². The Kier molecular flexibility index (Phi) is 4.26. The Bertz CT molecular complexity index is 1390. The molecule has 0 fully saturated rings. The van der Waals surface area contributed by atoms with Gasteiger partial charge in [0, 0.05) is 6.20 Å². The van der Waals surface area contributed by atoms with Gasteiger partial charge in [0.05, 0.1) is 27.5 Å². The second-order valence-electron chi connectivity index (χ2n) is 6.39. The molecule has 4 aromatic heterocycles. The van der Waals surface area contributed by atoms with Gasteiger partial charge in [-0.05, 0) is 31.2 Å². The Morgan fingerprint density at radius 2 is 2.10 bits per heavy atom. The first-order valence-corrected chi connectivity index (χ1v) is 10.0. The van der Waals surface area contributed by atoms with Gasteiger partial charge in [0.1, 0.15) is 28.3 Å². The number of nitrogens with zero attached hydrogens (tertiary/aromatic N) is 5. The molecule has 0 radical (unpaired) electrons. The molecule has 144 valence electrons. The van der Waals surface area contributed by atoms with Gasteiger partial charge in [0.25, 0.3) is 5.56 Å². The lowest BCUT2D eigenvalue weighted by Gasteiger charge is -2.19. The number of halogens is 1. The molecule has 0 aliphatic heterocycles. The van der Waals surface area contributed by atoms with Crippen LogP contribution in [0.1, 0.15) is 18.8 Å². The summed E-state index contributed by atoms with van der Waals surface area (Å²) in [6, 6.07) is 8.53. The summed E-state index contributed by atoms with van der Waals surface area (Å²) < 4.78 is 1.53. The number of anilines is 1. The molecular weight excluding hydrogens is 410 g/mol. The lowest BCUT2D eigenvalue weighted by Crippen LogP contribution is -2.27. The summed E-state index contributed by atoms with van der Waals surface area (Å²) in [4.78, 5) is 34.8. The maximum Gasteiger partial charge on any atom is 0.268 e. The largest absolute Gasteiger partial charge is 0.358 e. The molecule has 1 atom stereocenters. The first kappa shape index (κ1) is 17.8. The van der Waals surface area contributed by atoms with Crippen molar-refractivity contribution >= 4 is 50.0 Å². The number of hydrogen-bond acceptors (Lipinski definition) is 7. The topological polar surface area (TPSA) is 101 Å². The molecule has 5 rings (SSSR count). The maximum absolute atomic E-state index is 13.4. The lowest BCUT2D eigenvalue weighted by molar-refractivity contribution is 0.724. The van der Waals surface area contributed by atoms with E-state index in [1.54, 1.807) is 29.9 Å². The number of H-pyrrole nitrogens is 1. The van der Waals surface area contributed by atoms with Crippen LogP contribution in [0, 0.1) is 0 Å². The number of hydrogen-bond donors (Lipinski definition) is 2. The summed E-state index contributed by atoms with van der Waals surface area (Å²) in [5, 5.41) is 4.07. The smallest absolute Gasteiger partial charge is 0.268 e. The van der Waals surface area contributed by atoms with Crippen LogP contribution in [0.2, 0.25) is 5.02 Å². The van der Waals surface area contributed by atoms with Crippen LogP contribution in [0.25, 0.3) is 27.1 Å². The Labute approximate surface area is 173 Å². The molecule has 1 aromatic carbocycles. The fourth-order valence-electron chi connectivity index (χ4n) is 3.26. The van der Waals surface area contributed by atoms with Gasteiger partial charge in [0.2, 0.25) is 0 Å². The minimum atomic E-state index is -0.353. The highest BCUT2D eigenvalue weighted by Crippen LogP contribution is 2.26. The highest BCUT2D eigenvalue weighted by atomic mass is 35.5. The number of benzene rings is 1. The fraction of sp³-hybridized carbons (Fsp3) is 0.105. The Hall–Kier alpha value is -3.30. The summed E-state index contributed by atoms with van der Waals surface area (Å²) in [5.74, 6) is 1.71. The first-order chi connectivity index (χ1) is 14.1. The third kappa shape index (κ3) is 2.95. The van der Waals surface area contributed by atoms with Crippen molar-refractivity contribution in [2.75, 3.05) is 5.32 Å². The SMILES string of the molecule is CC(Nc1ncnc2scnc12)c1nc2cccc(Cl)c2c(=O)n1-c1ccc[nH]1. The molecule has 0 aliphatic rings. The van der Waals surface area contributed by atoms with E-state index in [-0.39, 0.29) is 11.6 Å². The van der Waals surface area contributed by atoms with E-state index in [9.17, 15) is 4.79 Å². The molecule has 5 aromatic rings. The summed E-state index contributed by atoms with van der Waals surface area (Å²) in [6.07, 6.45) is 3.24. The van der Waals surface area contributed by atoms with Crippen molar-refractivity contribution in [3.63, 3.8) is 0 Å². The van der Waals surface area contributed by atoms with Gasteiger partial charge in [0.15, 0.2) is 5.82 Å². The third-order valence-corrected chi connectivity index (χ3v) is 5.62. The summed E-state index contributed by atoms with van der Waals surface area (Å²) >= 11 is 7.75. The Morgan fingerprint density at radius 3 is 2.93 bits per heavy atom. The van der Waals surface area contributed by atoms with Crippen molar-refractivity contribution in [1.29, 1.82) is 0 Å². The van der Waals surface area contributed by atoms with Crippen LogP contribution < -0.4 is 10.9 Å². The minimum Gasteiger partial charge on any atom is -0.358 e. The fourth-order valence-corrected chi connectivity index (χ4v) is 4.14. The van der Waals surface area contributed by atoms with E-state index in [4.69, 9.17) is 16.6 Å². The minimum absolute atomic E-state index is 0.242. The van der Waals surface area contributed by atoms with Crippen molar-refractivity contribution in [3.05, 3.63) is 69.6 Å². The van der Waals surface area contributed by atoms with Crippen molar-refractivity contribution in [3.8, 4) is 5.82 Å². The average molecular weight is 424 g/mol. The van der Waals surface area contributed by atoms with Gasteiger partial charge >= 0.3 is 0 Å². The predicted octanol–water partition coefficient (Wildman–Crippen LogP) is 3.94. The molecule has 4 heterocycles. The zero-order chi connectivity index (χ0) is 20.0. The van der Waals surface area contributed by atoms with Gasteiger partial charge in [-0.3, -0.25) is 4.79 Å². The normalized spacial score (nSPS) is 12.5. The number of fused-ring (bicyclic) bond motifs is 2. The number of rotatable bonds is 4. The highest BCUT2D eigenvalue weighted by Gasteiger charge is 2.21. The summed E-state index contributed by atoms with van der Waals surface area (Å²) in [6.45, 7) is 1.91. The molecule has 10 heteroatoms. The van der Waals surface area contributed by atoms with E-state index in [0.29, 0.717) is 38.9 Å². The van der Waals surface area contributed by atoms with E-state index < -0.39 is 0 Å². The van der Waals surface area contributed by atoms with Crippen molar-refractivity contribution in [1.82, 2.24) is 29.5 Å². The zero-order valence-electron chi connectivity index (χ0n) is 15.1. The Morgan fingerprint density at radius 1 is 1.21 bits per heavy atom. The predicted molar refractivity (Wildman–Crippen MR) is 114 cm³/mol. The molecular formula is C19H14ClN7OS. The second-order valence-corrected chi connectivity index (χ2v) is 7.63. The van der Waals surface area contributed by atoms with Gasteiger partial charge in [-0.2, -0.15) is 0 Å². The standard InChI is InChI=1S/C19H14ClN7OS/c1-10(25-16-15-18(23-8-22-16)29-9-24-15)17-26-12-5-2-4-11(20)14(12)19(28)27(17)13-6-3-7-21-13/h2-10,21H,1H3,(H,22,23,25). The van der Waals surface area contributed by atoms with Gasteiger partial charge in [-0.1, -0.05) is 17.7 Å². The van der Waals surface area contributed by atoms with Gasteiger partial charge in [-0.15, -0.1) is 11.3 Å². The summed E-state index contributed by atoms with van der Waals surface area (Å²) in [7, 11) is 0. The van der Waals surface area contributed by atoms with Crippen LogP contribution in [0.15, 0.2) is 53.2 Å². The zero-order valence-corrected chi connectivity index (χ0v) is 16.7. The van der Waals surface area contributed by atoms with Crippen LogP contribution in [-0.4, -0.2) is 29.5 Å². The van der Waals surface area contributed by atoms with Crippen LogP contribution in [0.4, 0.5) is 5.82 Å². The summed E-state index contributed by atoms with van der Waals surface area (Å²) in [5.41, 5.74) is 2.70. The average Bonchev–Trinajstić information content (AvgIpc) is 3.40. The van der Waals surface area contributed by atoms with Gasteiger partial charge < -0.3 is 10.3 Å². The molecule has 0 bridgehead atoms. The Balaban J connectivity index is 1.70. The monoisotopic (exact) mass is 423 g/mol. The van der Waals surface area contributed by atoms with E-state index in [1.807, 2.05) is 19.1 Å². The molecule has 1 unspecified atom stereocenters. The molecule has 0 saturated heterocycles. The van der Waals surface area contributed by atoms with Crippen LogP contribution in [0.5, 0.6) is 0 Å². The number of aromatic nitrogens is 6. The van der Waals surface area contributed by atoms with Crippen molar-refractivity contribution in [2.45, 2.75) is 13.0 Å². The van der Waals surface area contributed by atoms with Crippen LogP contribution in [-0.2, 0) is 0 Å². The van der Waals surface area contributed by atoms with E-state index in [2.05, 4.69) is 25.3 Å².